The summed E-state index contributed by atoms with van der Waals surface area (Å²) in [6.45, 7) is 2.27. The van der Waals surface area contributed by atoms with Gasteiger partial charge in [-0.15, -0.1) is 0 Å². The summed E-state index contributed by atoms with van der Waals surface area (Å²) in [7, 11) is 0. The molecule has 104 valence electrons. The Morgan fingerprint density at radius 1 is 1.32 bits per heavy atom. The summed E-state index contributed by atoms with van der Waals surface area (Å²) in [5.74, 6) is 0.402. The molecule has 0 atom stereocenters. The van der Waals surface area contributed by atoms with Crippen LogP contribution >= 0.6 is 0 Å². The number of ether oxygens (including phenoxy) is 1. The zero-order valence-electron chi connectivity index (χ0n) is 11.2. The summed E-state index contributed by atoms with van der Waals surface area (Å²) in [6, 6.07) is 0. The first-order valence-electron chi connectivity index (χ1n) is 6.88. The van der Waals surface area contributed by atoms with Crippen molar-refractivity contribution in [1.29, 1.82) is 0 Å². The van der Waals surface area contributed by atoms with E-state index in [2.05, 4.69) is 4.98 Å². The number of hydrogen-bond acceptors (Lipinski definition) is 4. The Labute approximate surface area is 113 Å². The van der Waals surface area contributed by atoms with E-state index in [0.717, 1.165) is 25.7 Å². The molecule has 0 saturated heterocycles. The smallest absolute Gasteiger partial charge is 0.308 e. The first-order valence-corrected chi connectivity index (χ1v) is 6.88. The van der Waals surface area contributed by atoms with Gasteiger partial charge in [0, 0.05) is 18.8 Å². The van der Waals surface area contributed by atoms with Crippen LogP contribution in [0.2, 0.25) is 0 Å². The number of hydrogen-bond donors (Lipinski definition) is 0. The Morgan fingerprint density at radius 2 is 2.05 bits per heavy atom. The highest BCUT2D eigenvalue weighted by Crippen LogP contribution is 2.31. The van der Waals surface area contributed by atoms with E-state index in [1.807, 2.05) is 6.92 Å². The van der Waals surface area contributed by atoms with E-state index in [1.165, 1.54) is 10.9 Å². The normalized spacial score (nSPS) is 23.0. The summed E-state index contributed by atoms with van der Waals surface area (Å²) in [6.07, 6.45) is 8.86. The average molecular weight is 264 g/mol. The second kappa shape index (κ2) is 6.50. The van der Waals surface area contributed by atoms with Gasteiger partial charge in [0.2, 0.25) is 5.91 Å². The average Bonchev–Trinajstić information content (AvgIpc) is 2.94. The van der Waals surface area contributed by atoms with Crippen LogP contribution in [-0.2, 0) is 9.53 Å². The number of carbonyl (C=O) groups excluding carboxylic acids is 2. The van der Waals surface area contributed by atoms with Crippen molar-refractivity contribution in [3.05, 3.63) is 18.7 Å². The van der Waals surface area contributed by atoms with E-state index in [9.17, 15) is 9.59 Å². The lowest BCUT2D eigenvalue weighted by Gasteiger charge is -2.26. The van der Waals surface area contributed by atoms with Crippen LogP contribution < -0.4 is 0 Å². The maximum absolute atomic E-state index is 11.9. The maximum atomic E-state index is 11.9. The van der Waals surface area contributed by atoms with E-state index in [4.69, 9.17) is 4.74 Å². The van der Waals surface area contributed by atoms with Gasteiger partial charge < -0.3 is 4.74 Å². The molecule has 1 saturated carbocycles. The van der Waals surface area contributed by atoms with Crippen molar-refractivity contribution in [2.75, 3.05) is 6.61 Å². The first kappa shape index (κ1) is 13.8. The number of aromatic nitrogens is 2. The molecule has 1 aromatic rings. The topological polar surface area (TPSA) is 61.2 Å². The van der Waals surface area contributed by atoms with E-state index in [0.29, 0.717) is 18.9 Å². The van der Waals surface area contributed by atoms with Crippen LogP contribution in [0, 0.1) is 11.8 Å². The monoisotopic (exact) mass is 264 g/mol. The highest BCUT2D eigenvalue weighted by atomic mass is 16.5. The molecule has 0 amide bonds. The lowest BCUT2D eigenvalue weighted by atomic mass is 9.80. The van der Waals surface area contributed by atoms with Crippen LogP contribution in [0.25, 0.3) is 0 Å². The second-order valence-corrected chi connectivity index (χ2v) is 5.04. The Kier molecular flexibility index (Phi) is 4.71. The van der Waals surface area contributed by atoms with E-state index in [-0.39, 0.29) is 17.8 Å². The quantitative estimate of drug-likeness (QED) is 0.783. The molecule has 0 aromatic carbocycles. The van der Waals surface area contributed by atoms with Crippen LogP contribution in [0.5, 0.6) is 0 Å². The fourth-order valence-corrected chi connectivity index (χ4v) is 2.62. The molecular formula is C14H20N2O3. The molecule has 1 aliphatic rings. The minimum absolute atomic E-state index is 0.0274. The fraction of sp³-hybridized carbons (Fsp3) is 0.643. The third-order valence-electron chi connectivity index (χ3n) is 3.72. The third-order valence-corrected chi connectivity index (χ3v) is 3.72. The first-order chi connectivity index (χ1) is 9.20. The molecule has 5 nitrogen and oxygen atoms in total. The molecule has 1 heterocycles. The van der Waals surface area contributed by atoms with Crippen LogP contribution in [0.4, 0.5) is 0 Å². The van der Waals surface area contributed by atoms with Gasteiger partial charge in [0.15, 0.2) is 0 Å². The summed E-state index contributed by atoms with van der Waals surface area (Å²) in [5.41, 5.74) is 0. The third kappa shape index (κ3) is 3.66. The molecule has 1 aromatic heterocycles. The SMILES string of the molecule is CCOC(=O)C1CCC(CC(=O)n2ccnc2)CC1. The van der Waals surface area contributed by atoms with Crippen LogP contribution in [0.1, 0.15) is 43.8 Å². The zero-order valence-corrected chi connectivity index (χ0v) is 11.2. The predicted molar refractivity (Wildman–Crippen MR) is 69.6 cm³/mol. The van der Waals surface area contributed by atoms with Crippen molar-refractivity contribution in [3.8, 4) is 0 Å². The van der Waals surface area contributed by atoms with Crippen molar-refractivity contribution in [3.63, 3.8) is 0 Å². The van der Waals surface area contributed by atoms with Crippen molar-refractivity contribution in [2.24, 2.45) is 11.8 Å². The summed E-state index contributed by atoms with van der Waals surface area (Å²) in [4.78, 5) is 27.4. The van der Waals surface area contributed by atoms with Gasteiger partial charge in [-0.3, -0.25) is 14.2 Å². The van der Waals surface area contributed by atoms with Gasteiger partial charge in [0.25, 0.3) is 0 Å². The van der Waals surface area contributed by atoms with Gasteiger partial charge in [0.05, 0.1) is 12.5 Å². The summed E-state index contributed by atoms with van der Waals surface area (Å²) >= 11 is 0. The highest BCUT2D eigenvalue weighted by Gasteiger charge is 2.28. The molecule has 0 aliphatic heterocycles. The van der Waals surface area contributed by atoms with Gasteiger partial charge >= 0.3 is 5.97 Å². The van der Waals surface area contributed by atoms with Crippen LogP contribution in [0.15, 0.2) is 18.7 Å². The fourth-order valence-electron chi connectivity index (χ4n) is 2.62. The molecule has 19 heavy (non-hydrogen) atoms. The molecule has 1 fully saturated rings. The minimum Gasteiger partial charge on any atom is -0.466 e. The van der Waals surface area contributed by atoms with E-state index in [1.54, 1.807) is 12.4 Å². The number of carbonyl (C=O) groups is 2. The van der Waals surface area contributed by atoms with Gasteiger partial charge in [-0.25, -0.2) is 4.98 Å². The number of esters is 1. The number of nitrogens with zero attached hydrogens (tertiary/aromatic N) is 2. The maximum Gasteiger partial charge on any atom is 0.308 e. The van der Waals surface area contributed by atoms with E-state index < -0.39 is 0 Å². The Hall–Kier alpha value is -1.65. The van der Waals surface area contributed by atoms with Crippen molar-refractivity contribution >= 4 is 11.9 Å². The molecule has 0 radical (unpaired) electrons. The largest absolute Gasteiger partial charge is 0.466 e. The van der Waals surface area contributed by atoms with Crippen molar-refractivity contribution in [2.45, 2.75) is 39.0 Å². The zero-order chi connectivity index (χ0) is 13.7. The van der Waals surface area contributed by atoms with Gasteiger partial charge in [0.1, 0.15) is 6.33 Å². The molecule has 0 bridgehead atoms. The van der Waals surface area contributed by atoms with Gasteiger partial charge in [-0.1, -0.05) is 0 Å². The Balaban J connectivity index is 1.77. The molecular weight excluding hydrogens is 244 g/mol. The number of imidazole rings is 1. The molecule has 2 rings (SSSR count). The highest BCUT2D eigenvalue weighted by molar-refractivity contribution is 5.79. The second-order valence-electron chi connectivity index (χ2n) is 5.04. The Bertz CT molecular complexity index is 420. The molecule has 5 heteroatoms. The van der Waals surface area contributed by atoms with Crippen LogP contribution in [0.3, 0.4) is 0 Å². The van der Waals surface area contributed by atoms with Crippen LogP contribution in [-0.4, -0.2) is 28.0 Å². The van der Waals surface area contributed by atoms with Gasteiger partial charge in [-0.05, 0) is 38.5 Å². The van der Waals surface area contributed by atoms with Crippen molar-refractivity contribution < 1.29 is 14.3 Å². The molecule has 1 aliphatic carbocycles. The summed E-state index contributed by atoms with van der Waals surface area (Å²) < 4.78 is 6.56. The minimum atomic E-state index is -0.0816. The lowest BCUT2D eigenvalue weighted by Crippen LogP contribution is -2.25. The number of rotatable bonds is 4. The predicted octanol–water partition coefficient (Wildman–Crippen LogP) is 2.28. The molecule has 0 N–H and O–H groups in total. The summed E-state index contributed by atoms with van der Waals surface area (Å²) in [5, 5.41) is 0. The van der Waals surface area contributed by atoms with Crippen molar-refractivity contribution in [1.82, 2.24) is 9.55 Å². The Morgan fingerprint density at radius 3 is 2.63 bits per heavy atom. The molecule has 0 unspecified atom stereocenters. The van der Waals surface area contributed by atoms with E-state index >= 15 is 0 Å². The standard InChI is InChI=1S/C14H20N2O3/c1-2-19-14(18)12-5-3-11(4-6-12)9-13(17)16-8-7-15-10-16/h7-8,10-12H,2-6,9H2,1H3. The molecule has 0 spiro atoms. The lowest BCUT2D eigenvalue weighted by molar-refractivity contribution is -0.149. The van der Waals surface area contributed by atoms with Gasteiger partial charge in [-0.2, -0.15) is 0 Å².